The molecule has 6 nitrogen and oxygen atoms in total. The van der Waals surface area contributed by atoms with Crippen molar-refractivity contribution in [2.24, 2.45) is 11.3 Å². The summed E-state index contributed by atoms with van der Waals surface area (Å²) in [5.41, 5.74) is 2.47. The molecule has 0 aliphatic heterocycles. The number of carbonyl (C=O) groups is 3. The minimum atomic E-state index is -1.67. The lowest BCUT2D eigenvalue weighted by Crippen LogP contribution is -2.36. The number of carbonyl (C=O) groups excluding carboxylic acids is 2. The number of allylic oxidation sites excluding steroid dienone is 2. The smallest absolute Gasteiger partial charge is 0.477 e. The molecule has 1 aromatic rings. The van der Waals surface area contributed by atoms with E-state index in [0.29, 0.717) is 17.9 Å². The van der Waals surface area contributed by atoms with Crippen LogP contribution in [0.25, 0.3) is 5.57 Å². The Morgan fingerprint density at radius 1 is 1.26 bits per heavy atom. The van der Waals surface area contributed by atoms with Crippen LogP contribution in [0.2, 0.25) is 10.0 Å². The number of hydrogen-bond acceptors (Lipinski definition) is 5. The molecule has 1 aromatic carbocycles. The highest BCUT2D eigenvalue weighted by atomic mass is 35.5. The van der Waals surface area contributed by atoms with Crippen LogP contribution >= 0.6 is 23.2 Å². The Labute approximate surface area is 190 Å². The first kappa shape index (κ1) is 22.2. The number of ether oxygens (including phenoxy) is 2. The van der Waals surface area contributed by atoms with Crippen LogP contribution < -0.4 is 4.74 Å². The average molecular weight is 467 g/mol. The van der Waals surface area contributed by atoms with Crippen molar-refractivity contribution in [1.29, 1.82) is 0 Å². The second-order valence-corrected chi connectivity index (χ2v) is 9.40. The Morgan fingerprint density at radius 3 is 2.61 bits per heavy atom. The molecule has 166 valence electrons. The van der Waals surface area contributed by atoms with Crippen molar-refractivity contribution in [2.75, 3.05) is 0 Å². The molecule has 3 aliphatic rings. The summed E-state index contributed by atoms with van der Waals surface area (Å²) >= 11 is 13.2. The summed E-state index contributed by atoms with van der Waals surface area (Å²) in [5, 5.41) is 9.33. The number of carboxylic acid groups (broad SMARTS) is 1. The lowest BCUT2D eigenvalue weighted by molar-refractivity contribution is -0.149. The van der Waals surface area contributed by atoms with Gasteiger partial charge in [0.15, 0.2) is 11.9 Å². The molecule has 1 N–H and O–H groups in total. The molecule has 0 bridgehead atoms. The zero-order valence-electron chi connectivity index (χ0n) is 17.2. The van der Waals surface area contributed by atoms with E-state index in [2.05, 4.69) is 11.7 Å². The molecule has 2 unspecified atom stereocenters. The van der Waals surface area contributed by atoms with E-state index < -0.39 is 18.2 Å². The molecule has 0 saturated heterocycles. The third kappa shape index (κ3) is 3.96. The summed E-state index contributed by atoms with van der Waals surface area (Å²) in [6.45, 7) is 2.10. The lowest BCUT2D eigenvalue weighted by Gasteiger charge is -2.32. The number of rotatable bonds is 5. The van der Waals surface area contributed by atoms with E-state index in [-0.39, 0.29) is 27.9 Å². The van der Waals surface area contributed by atoms with Gasteiger partial charge in [-0.05, 0) is 55.4 Å². The molecule has 1 fully saturated rings. The molecule has 0 spiro atoms. The second kappa shape index (κ2) is 8.47. The Kier molecular flexibility index (Phi) is 6.05. The molecular formula is C23H24Cl2O6. The van der Waals surface area contributed by atoms with Crippen LogP contribution in [0.5, 0.6) is 5.75 Å². The molecule has 0 aromatic heterocycles. The predicted octanol–water partition coefficient (Wildman–Crippen LogP) is 5.85. The van der Waals surface area contributed by atoms with E-state index in [0.717, 1.165) is 55.2 Å². The van der Waals surface area contributed by atoms with Crippen LogP contribution in [0.4, 0.5) is 4.79 Å². The first-order chi connectivity index (χ1) is 14.8. The van der Waals surface area contributed by atoms with Gasteiger partial charge in [-0.25, -0.2) is 9.59 Å². The van der Waals surface area contributed by atoms with Crippen LogP contribution in [0.1, 0.15) is 63.0 Å². The van der Waals surface area contributed by atoms with Crippen molar-refractivity contribution in [1.82, 2.24) is 0 Å². The number of ketones is 1. The van der Waals surface area contributed by atoms with Crippen molar-refractivity contribution in [3.05, 3.63) is 33.3 Å². The molecule has 0 radical (unpaired) electrons. The van der Waals surface area contributed by atoms with Gasteiger partial charge in [0.2, 0.25) is 0 Å². The highest BCUT2D eigenvalue weighted by Gasteiger charge is 2.45. The van der Waals surface area contributed by atoms with Crippen molar-refractivity contribution in [3.8, 4) is 5.75 Å². The SMILES string of the molecule is CCC12CCC(=O)C=C1c1c(cc(OC(C(=O)OC(=O)O)C3CCCC3)c(Cl)c1Cl)C2. The van der Waals surface area contributed by atoms with Gasteiger partial charge in [-0.3, -0.25) is 4.79 Å². The van der Waals surface area contributed by atoms with Gasteiger partial charge in [-0.15, -0.1) is 0 Å². The normalized spacial score (nSPS) is 23.7. The van der Waals surface area contributed by atoms with Gasteiger partial charge in [-0.2, -0.15) is 0 Å². The van der Waals surface area contributed by atoms with Gasteiger partial charge >= 0.3 is 12.1 Å². The first-order valence-corrected chi connectivity index (χ1v) is 11.4. The van der Waals surface area contributed by atoms with Crippen LogP contribution in [0.3, 0.4) is 0 Å². The van der Waals surface area contributed by atoms with Gasteiger partial charge in [0.05, 0.1) is 5.02 Å². The minimum absolute atomic E-state index is 0.0807. The standard InChI is InChI=1S/C23H24Cl2O6/c1-2-23-8-7-14(26)10-15(23)17-13(11-23)9-16(18(24)19(17)25)30-20(12-5-3-4-6-12)21(27)31-22(28)29/h9-10,12,20H,2-8,11H2,1H3,(H,28,29). The van der Waals surface area contributed by atoms with E-state index in [9.17, 15) is 14.4 Å². The maximum absolute atomic E-state index is 12.5. The fraction of sp³-hybridized carbons (Fsp3) is 0.522. The quantitative estimate of drug-likeness (QED) is 0.432. The minimum Gasteiger partial charge on any atom is -0.477 e. The summed E-state index contributed by atoms with van der Waals surface area (Å²) in [4.78, 5) is 35.5. The van der Waals surface area contributed by atoms with Crippen molar-refractivity contribution >= 4 is 46.7 Å². The van der Waals surface area contributed by atoms with Gasteiger partial charge < -0.3 is 14.6 Å². The maximum atomic E-state index is 12.5. The molecular weight excluding hydrogens is 443 g/mol. The Balaban J connectivity index is 1.72. The molecule has 0 heterocycles. The highest BCUT2D eigenvalue weighted by molar-refractivity contribution is 6.44. The molecule has 31 heavy (non-hydrogen) atoms. The third-order valence-electron chi connectivity index (χ3n) is 6.96. The predicted molar refractivity (Wildman–Crippen MR) is 116 cm³/mol. The summed E-state index contributed by atoms with van der Waals surface area (Å²) in [6.07, 6.45) is 5.12. The van der Waals surface area contributed by atoms with Crippen LogP contribution in [-0.2, 0) is 20.7 Å². The van der Waals surface area contributed by atoms with Crippen molar-refractivity contribution in [3.63, 3.8) is 0 Å². The molecule has 3 aliphatic carbocycles. The molecule has 8 heteroatoms. The van der Waals surface area contributed by atoms with E-state index in [1.807, 2.05) is 0 Å². The van der Waals surface area contributed by atoms with E-state index in [4.69, 9.17) is 33.0 Å². The molecule has 4 rings (SSSR count). The van der Waals surface area contributed by atoms with Crippen LogP contribution in [0, 0.1) is 11.3 Å². The van der Waals surface area contributed by atoms with Crippen molar-refractivity contribution in [2.45, 2.75) is 64.4 Å². The largest absolute Gasteiger partial charge is 0.513 e. The van der Waals surface area contributed by atoms with Gasteiger partial charge in [-0.1, -0.05) is 43.0 Å². The monoisotopic (exact) mass is 466 g/mol. The van der Waals surface area contributed by atoms with E-state index in [1.54, 1.807) is 12.1 Å². The maximum Gasteiger partial charge on any atom is 0.513 e. The fourth-order valence-electron chi connectivity index (χ4n) is 5.31. The summed E-state index contributed by atoms with van der Waals surface area (Å²) in [7, 11) is 0. The number of esters is 1. The Bertz CT molecular complexity index is 979. The average Bonchev–Trinajstić information content (AvgIpc) is 3.35. The van der Waals surface area contributed by atoms with Crippen molar-refractivity contribution < 1.29 is 29.0 Å². The molecule has 2 atom stereocenters. The highest BCUT2D eigenvalue weighted by Crippen LogP contribution is 2.57. The third-order valence-corrected chi connectivity index (χ3v) is 7.81. The Morgan fingerprint density at radius 2 is 1.97 bits per heavy atom. The number of fused-ring (bicyclic) bond motifs is 3. The number of benzene rings is 1. The Hall–Kier alpha value is -2.05. The zero-order valence-corrected chi connectivity index (χ0v) is 18.7. The number of halogens is 2. The fourth-order valence-corrected chi connectivity index (χ4v) is 5.82. The van der Waals surface area contributed by atoms with Crippen LogP contribution in [-0.4, -0.2) is 29.1 Å². The lowest BCUT2D eigenvalue weighted by atomic mass is 9.71. The second-order valence-electron chi connectivity index (χ2n) is 8.64. The summed E-state index contributed by atoms with van der Waals surface area (Å²) in [6, 6.07) is 1.78. The van der Waals surface area contributed by atoms with E-state index in [1.165, 1.54) is 0 Å². The topological polar surface area (TPSA) is 89.9 Å². The van der Waals surface area contributed by atoms with Gasteiger partial charge in [0.1, 0.15) is 10.8 Å². The van der Waals surface area contributed by atoms with Gasteiger partial charge in [0.25, 0.3) is 0 Å². The van der Waals surface area contributed by atoms with Gasteiger partial charge in [0, 0.05) is 23.3 Å². The number of hydrogen-bond donors (Lipinski definition) is 1. The zero-order chi connectivity index (χ0) is 22.3. The first-order valence-electron chi connectivity index (χ1n) is 10.6. The summed E-state index contributed by atoms with van der Waals surface area (Å²) in [5.74, 6) is -0.780. The molecule has 0 amide bonds. The van der Waals surface area contributed by atoms with Crippen LogP contribution in [0.15, 0.2) is 12.1 Å². The molecule has 1 saturated carbocycles. The summed E-state index contributed by atoms with van der Waals surface area (Å²) < 4.78 is 10.4. The van der Waals surface area contributed by atoms with E-state index >= 15 is 0 Å².